The second-order valence-corrected chi connectivity index (χ2v) is 7.44. The molecule has 0 aliphatic carbocycles. The van der Waals surface area contributed by atoms with Crippen molar-refractivity contribution < 1.29 is 22.8 Å². The average molecular weight is 440 g/mol. The van der Waals surface area contributed by atoms with Gasteiger partial charge >= 0.3 is 6.18 Å². The lowest BCUT2D eigenvalue weighted by Gasteiger charge is -2.23. The lowest BCUT2D eigenvalue weighted by atomic mass is 10.2. The van der Waals surface area contributed by atoms with Crippen molar-refractivity contribution in [2.24, 2.45) is 0 Å². The molecule has 1 atom stereocenters. The van der Waals surface area contributed by atoms with Gasteiger partial charge in [0.15, 0.2) is 11.5 Å². The fourth-order valence-electron chi connectivity index (χ4n) is 2.75. The summed E-state index contributed by atoms with van der Waals surface area (Å²) in [6, 6.07) is 3.07. The number of hydrogen-bond acceptors (Lipinski definition) is 7. The number of alkyl halides is 3. The van der Waals surface area contributed by atoms with E-state index < -0.39 is 23.8 Å². The normalized spacial score (nSPS) is 16.4. The number of thioether (sulfide) groups is 1. The van der Waals surface area contributed by atoms with Crippen LogP contribution in [0.3, 0.4) is 0 Å². The Balaban J connectivity index is 1.77. The van der Waals surface area contributed by atoms with E-state index in [1.165, 1.54) is 35.1 Å². The van der Waals surface area contributed by atoms with Gasteiger partial charge in [0.1, 0.15) is 11.9 Å². The summed E-state index contributed by atoms with van der Waals surface area (Å²) in [5, 5.41) is 0. The number of halogens is 3. The summed E-state index contributed by atoms with van der Waals surface area (Å²) in [6.45, 7) is 1.87. The van der Waals surface area contributed by atoms with Gasteiger partial charge in [0.05, 0.1) is 5.88 Å². The summed E-state index contributed by atoms with van der Waals surface area (Å²) in [4.78, 5) is 37.6. The van der Waals surface area contributed by atoms with E-state index in [2.05, 4.69) is 25.8 Å². The van der Waals surface area contributed by atoms with Gasteiger partial charge in [0.25, 0.3) is 5.91 Å². The lowest BCUT2D eigenvalue weighted by molar-refractivity contribution is -0.141. The van der Waals surface area contributed by atoms with Crippen LogP contribution in [0.2, 0.25) is 0 Å². The van der Waals surface area contributed by atoms with Crippen LogP contribution in [0.15, 0.2) is 30.6 Å². The minimum absolute atomic E-state index is 0.136. The molecule has 0 aromatic carbocycles. The molecular formula is C18H19F3N6O2S. The highest BCUT2D eigenvalue weighted by Gasteiger charge is 2.35. The van der Waals surface area contributed by atoms with Crippen LogP contribution in [0.25, 0.3) is 11.4 Å². The summed E-state index contributed by atoms with van der Waals surface area (Å²) in [5.74, 6) is -0.287. The summed E-state index contributed by atoms with van der Waals surface area (Å²) in [7, 11) is 0. The molecule has 12 heteroatoms. The number of anilines is 1. The molecule has 0 radical (unpaired) electrons. The Hall–Kier alpha value is -2.89. The van der Waals surface area contributed by atoms with Gasteiger partial charge in [-0.3, -0.25) is 25.4 Å². The van der Waals surface area contributed by atoms with Crippen LogP contribution in [0.4, 0.5) is 19.0 Å². The van der Waals surface area contributed by atoms with Crippen molar-refractivity contribution in [2.75, 3.05) is 17.1 Å². The summed E-state index contributed by atoms with van der Waals surface area (Å²) in [5.41, 5.74) is 3.90. The molecule has 1 unspecified atom stereocenters. The third kappa shape index (κ3) is 5.17. The van der Waals surface area contributed by atoms with E-state index >= 15 is 0 Å². The van der Waals surface area contributed by atoms with Crippen LogP contribution in [-0.2, 0) is 15.8 Å². The molecule has 2 aromatic rings. The van der Waals surface area contributed by atoms with E-state index in [0.29, 0.717) is 36.1 Å². The molecule has 2 N–H and O–H groups in total. The Morgan fingerprint density at radius 2 is 2.13 bits per heavy atom. The molecule has 3 rings (SSSR count). The van der Waals surface area contributed by atoms with Crippen molar-refractivity contribution in [3.05, 3.63) is 36.3 Å². The van der Waals surface area contributed by atoms with Crippen LogP contribution in [0.5, 0.6) is 0 Å². The summed E-state index contributed by atoms with van der Waals surface area (Å²) in [6.07, 6.45) is -0.906. The Morgan fingerprint density at radius 1 is 1.33 bits per heavy atom. The third-order valence-electron chi connectivity index (χ3n) is 4.22. The van der Waals surface area contributed by atoms with Crippen LogP contribution in [-0.4, -0.2) is 49.3 Å². The van der Waals surface area contributed by atoms with E-state index in [-0.39, 0.29) is 17.5 Å². The first kappa shape index (κ1) is 21.8. The van der Waals surface area contributed by atoms with Gasteiger partial charge in [-0.2, -0.15) is 13.2 Å². The number of nitrogens with one attached hydrogen (secondary N) is 2. The summed E-state index contributed by atoms with van der Waals surface area (Å²) < 4.78 is 39.8. The molecule has 8 nitrogen and oxygen atoms in total. The highest BCUT2D eigenvalue weighted by molar-refractivity contribution is 7.99. The Labute approximate surface area is 174 Å². The fraction of sp³-hybridized carbons (Fsp3) is 0.389. The zero-order valence-electron chi connectivity index (χ0n) is 15.9. The van der Waals surface area contributed by atoms with Crippen molar-refractivity contribution in [1.29, 1.82) is 0 Å². The first-order chi connectivity index (χ1) is 14.3. The standard InChI is InChI=1S/C18H19F3N6O2S/c1-2-4-15(28)27-10-30-9-12(27)17(29)26-25-14-7-13(18(19,20)21)23-16(24-14)11-5-3-6-22-8-11/h3,5-8,12H,2,4,9-10H2,1H3,(H,26,29)(H,23,24,25). The molecule has 1 saturated heterocycles. The van der Waals surface area contributed by atoms with Crippen LogP contribution >= 0.6 is 11.8 Å². The molecule has 0 spiro atoms. The van der Waals surface area contributed by atoms with Gasteiger partial charge in [-0.05, 0) is 18.6 Å². The van der Waals surface area contributed by atoms with Crippen LogP contribution in [0, 0.1) is 0 Å². The highest BCUT2D eigenvalue weighted by atomic mass is 32.2. The van der Waals surface area contributed by atoms with Gasteiger partial charge in [0, 0.05) is 36.2 Å². The zero-order valence-corrected chi connectivity index (χ0v) is 16.8. The lowest BCUT2D eigenvalue weighted by Crippen LogP contribution is -2.48. The predicted molar refractivity (Wildman–Crippen MR) is 105 cm³/mol. The Bertz CT molecular complexity index is 913. The molecule has 2 aromatic heterocycles. The maximum Gasteiger partial charge on any atom is 0.433 e. The monoisotopic (exact) mass is 440 g/mol. The quantitative estimate of drug-likeness (QED) is 0.666. The Morgan fingerprint density at radius 3 is 2.80 bits per heavy atom. The molecule has 2 amide bonds. The molecule has 3 heterocycles. The average Bonchev–Trinajstić information content (AvgIpc) is 3.22. The molecule has 0 bridgehead atoms. The van der Waals surface area contributed by atoms with E-state index in [1.807, 2.05) is 6.92 Å². The highest BCUT2D eigenvalue weighted by Crippen LogP contribution is 2.30. The second kappa shape index (κ2) is 9.28. The number of amides is 2. The van der Waals surface area contributed by atoms with E-state index in [4.69, 9.17) is 0 Å². The fourth-order valence-corrected chi connectivity index (χ4v) is 3.93. The number of hydrogen-bond donors (Lipinski definition) is 2. The molecule has 0 saturated carbocycles. The van der Waals surface area contributed by atoms with Crippen molar-refractivity contribution >= 4 is 29.4 Å². The van der Waals surface area contributed by atoms with E-state index in [0.717, 1.165) is 0 Å². The van der Waals surface area contributed by atoms with Gasteiger partial charge < -0.3 is 4.90 Å². The van der Waals surface area contributed by atoms with E-state index in [9.17, 15) is 22.8 Å². The summed E-state index contributed by atoms with van der Waals surface area (Å²) >= 11 is 1.44. The topological polar surface area (TPSA) is 100 Å². The van der Waals surface area contributed by atoms with Crippen LogP contribution < -0.4 is 10.9 Å². The molecule has 160 valence electrons. The maximum atomic E-state index is 13.3. The molecule has 1 aliphatic heterocycles. The first-order valence-electron chi connectivity index (χ1n) is 9.09. The maximum absolute atomic E-state index is 13.3. The largest absolute Gasteiger partial charge is 0.433 e. The molecule has 1 fully saturated rings. The molecule has 30 heavy (non-hydrogen) atoms. The van der Waals surface area contributed by atoms with Crippen molar-refractivity contribution in [3.63, 3.8) is 0 Å². The van der Waals surface area contributed by atoms with E-state index in [1.54, 1.807) is 6.07 Å². The molecular weight excluding hydrogens is 421 g/mol. The van der Waals surface area contributed by atoms with Crippen LogP contribution in [0.1, 0.15) is 25.5 Å². The van der Waals surface area contributed by atoms with Gasteiger partial charge in [0.2, 0.25) is 5.91 Å². The van der Waals surface area contributed by atoms with Gasteiger partial charge in [-0.15, -0.1) is 11.8 Å². The number of nitrogens with zero attached hydrogens (tertiary/aromatic N) is 4. The number of carbonyl (C=O) groups is 2. The van der Waals surface area contributed by atoms with Gasteiger partial charge in [-0.1, -0.05) is 6.92 Å². The number of aromatic nitrogens is 3. The number of pyridine rings is 1. The van der Waals surface area contributed by atoms with Crippen molar-refractivity contribution in [1.82, 2.24) is 25.3 Å². The molecule has 1 aliphatic rings. The number of hydrazine groups is 1. The Kier molecular flexibility index (Phi) is 6.75. The van der Waals surface area contributed by atoms with Crippen molar-refractivity contribution in [3.8, 4) is 11.4 Å². The SMILES string of the molecule is CCCC(=O)N1CSCC1C(=O)NNc1cc(C(F)(F)F)nc(-c2cccnc2)n1. The minimum atomic E-state index is -4.70. The second-order valence-electron chi connectivity index (χ2n) is 6.44. The van der Waals surface area contributed by atoms with Crippen molar-refractivity contribution in [2.45, 2.75) is 32.0 Å². The zero-order chi connectivity index (χ0) is 21.7. The smallest absolute Gasteiger partial charge is 0.320 e. The van der Waals surface area contributed by atoms with Gasteiger partial charge in [-0.25, -0.2) is 9.97 Å². The minimum Gasteiger partial charge on any atom is -0.320 e. The first-order valence-corrected chi connectivity index (χ1v) is 10.2. The predicted octanol–water partition coefficient (Wildman–Crippen LogP) is 2.70. The third-order valence-corrected chi connectivity index (χ3v) is 5.23. The number of rotatable bonds is 6. The number of carbonyl (C=O) groups excluding carboxylic acids is 2.